The van der Waals surface area contributed by atoms with Crippen molar-refractivity contribution in [2.75, 3.05) is 25.0 Å². The Morgan fingerprint density at radius 1 is 1.29 bits per heavy atom. The molecule has 128 valence electrons. The summed E-state index contributed by atoms with van der Waals surface area (Å²) in [5, 5.41) is 12.4. The van der Waals surface area contributed by atoms with Crippen LogP contribution in [0.2, 0.25) is 0 Å². The molecule has 1 aromatic carbocycles. The fourth-order valence-electron chi connectivity index (χ4n) is 2.65. The van der Waals surface area contributed by atoms with Crippen molar-refractivity contribution in [2.45, 2.75) is 26.2 Å². The highest BCUT2D eigenvalue weighted by atomic mass is 32.1. The van der Waals surface area contributed by atoms with Crippen molar-refractivity contribution in [3.63, 3.8) is 0 Å². The van der Waals surface area contributed by atoms with E-state index >= 15 is 0 Å². The number of ether oxygens (including phenoxy) is 1. The molecule has 2 aromatic rings. The molecule has 6 nitrogen and oxygen atoms in total. The van der Waals surface area contributed by atoms with E-state index in [2.05, 4.69) is 15.5 Å². The number of urea groups is 1. The van der Waals surface area contributed by atoms with Gasteiger partial charge in [0.1, 0.15) is 10.8 Å². The summed E-state index contributed by atoms with van der Waals surface area (Å²) in [6.45, 7) is 4.21. The predicted molar refractivity (Wildman–Crippen MR) is 94.5 cm³/mol. The van der Waals surface area contributed by atoms with Crippen LogP contribution in [0.4, 0.5) is 9.93 Å². The average molecular weight is 346 g/mol. The van der Waals surface area contributed by atoms with Crippen LogP contribution < -0.4 is 10.1 Å². The zero-order valence-corrected chi connectivity index (χ0v) is 14.6. The third-order valence-corrected chi connectivity index (χ3v) is 5.10. The molecule has 3 rings (SSSR count). The summed E-state index contributed by atoms with van der Waals surface area (Å²) < 4.78 is 5.82. The number of benzene rings is 1. The lowest BCUT2D eigenvalue weighted by Crippen LogP contribution is -2.42. The molecule has 1 saturated heterocycles. The monoisotopic (exact) mass is 346 g/mol. The van der Waals surface area contributed by atoms with Crippen molar-refractivity contribution < 1.29 is 9.53 Å². The van der Waals surface area contributed by atoms with E-state index in [-0.39, 0.29) is 6.03 Å². The van der Waals surface area contributed by atoms with Crippen LogP contribution in [0.15, 0.2) is 30.3 Å². The topological polar surface area (TPSA) is 67.4 Å². The molecule has 0 spiro atoms. The van der Waals surface area contributed by atoms with Crippen LogP contribution in [-0.4, -0.2) is 40.8 Å². The lowest BCUT2D eigenvalue weighted by atomic mass is 9.98. The van der Waals surface area contributed by atoms with Crippen molar-refractivity contribution in [3.05, 3.63) is 35.3 Å². The zero-order chi connectivity index (χ0) is 16.8. The van der Waals surface area contributed by atoms with E-state index in [9.17, 15) is 4.79 Å². The van der Waals surface area contributed by atoms with E-state index in [1.54, 1.807) is 0 Å². The highest BCUT2D eigenvalue weighted by molar-refractivity contribution is 7.15. The Morgan fingerprint density at radius 2 is 2.04 bits per heavy atom. The fraction of sp³-hybridized carbons (Fsp3) is 0.471. The number of rotatable bonds is 5. The molecule has 0 radical (unpaired) electrons. The van der Waals surface area contributed by atoms with E-state index in [0.717, 1.165) is 43.1 Å². The second-order valence-electron chi connectivity index (χ2n) is 5.84. The molecule has 1 aliphatic rings. The van der Waals surface area contributed by atoms with Crippen LogP contribution in [0, 0.1) is 5.92 Å². The first-order valence-electron chi connectivity index (χ1n) is 8.30. The molecule has 7 heteroatoms. The summed E-state index contributed by atoms with van der Waals surface area (Å²) in [5.41, 5.74) is 0. The van der Waals surface area contributed by atoms with Gasteiger partial charge in [0, 0.05) is 13.1 Å². The van der Waals surface area contributed by atoms with E-state index in [1.165, 1.54) is 11.3 Å². The van der Waals surface area contributed by atoms with Gasteiger partial charge >= 0.3 is 6.03 Å². The lowest BCUT2D eigenvalue weighted by molar-refractivity contribution is 0.152. The number of carbonyl (C=O) groups excluding carboxylic acids is 1. The normalized spacial score (nSPS) is 15.3. The molecule has 1 N–H and O–H groups in total. The van der Waals surface area contributed by atoms with Crippen LogP contribution >= 0.6 is 11.3 Å². The van der Waals surface area contributed by atoms with Gasteiger partial charge < -0.3 is 9.64 Å². The van der Waals surface area contributed by atoms with Crippen LogP contribution in [-0.2, 0) is 6.42 Å². The Labute approximate surface area is 145 Å². The number of carbonyl (C=O) groups is 1. The molecule has 2 heterocycles. The minimum Gasteiger partial charge on any atom is -0.493 e. The van der Waals surface area contributed by atoms with Gasteiger partial charge in [-0.1, -0.05) is 36.5 Å². The van der Waals surface area contributed by atoms with Gasteiger partial charge in [-0.25, -0.2) is 4.79 Å². The first kappa shape index (κ1) is 16.7. The van der Waals surface area contributed by atoms with E-state index in [4.69, 9.17) is 4.74 Å². The highest BCUT2D eigenvalue weighted by Crippen LogP contribution is 2.21. The number of nitrogens with one attached hydrogen (secondary N) is 1. The quantitative estimate of drug-likeness (QED) is 0.901. The van der Waals surface area contributed by atoms with Gasteiger partial charge in [0.2, 0.25) is 5.13 Å². The number of likely N-dealkylation sites (tertiary alicyclic amines) is 1. The van der Waals surface area contributed by atoms with Crippen molar-refractivity contribution in [1.82, 2.24) is 15.1 Å². The lowest BCUT2D eigenvalue weighted by Gasteiger charge is -2.31. The van der Waals surface area contributed by atoms with Crippen LogP contribution in [0.3, 0.4) is 0 Å². The van der Waals surface area contributed by atoms with Gasteiger partial charge in [-0.05, 0) is 37.3 Å². The summed E-state index contributed by atoms with van der Waals surface area (Å²) >= 11 is 1.43. The third-order valence-electron chi connectivity index (χ3n) is 4.11. The van der Waals surface area contributed by atoms with Gasteiger partial charge in [0.05, 0.1) is 6.61 Å². The van der Waals surface area contributed by atoms with Gasteiger partial charge in [-0.3, -0.25) is 5.32 Å². The standard InChI is InChI=1S/C17H22N4O2S/c1-2-15-19-20-16(24-15)18-17(22)21-10-8-13(9-11-21)12-23-14-6-4-3-5-7-14/h3-7,13H,2,8-12H2,1H3,(H,18,20,22). The largest absolute Gasteiger partial charge is 0.493 e. The Morgan fingerprint density at radius 3 is 2.71 bits per heavy atom. The molecule has 2 amide bonds. The fourth-order valence-corrected chi connectivity index (χ4v) is 3.32. The molecule has 0 saturated carbocycles. The minimum absolute atomic E-state index is 0.0868. The summed E-state index contributed by atoms with van der Waals surface area (Å²) in [5.74, 6) is 1.39. The minimum atomic E-state index is -0.0868. The number of nitrogens with zero attached hydrogens (tertiary/aromatic N) is 3. The maximum absolute atomic E-state index is 12.3. The van der Waals surface area contributed by atoms with E-state index in [1.807, 2.05) is 42.2 Å². The van der Waals surface area contributed by atoms with Gasteiger partial charge in [0.25, 0.3) is 0 Å². The number of piperidine rings is 1. The predicted octanol–water partition coefficient (Wildman–Crippen LogP) is 3.42. The first-order valence-corrected chi connectivity index (χ1v) is 9.12. The summed E-state index contributed by atoms with van der Waals surface area (Å²) in [7, 11) is 0. The zero-order valence-electron chi connectivity index (χ0n) is 13.8. The number of hydrogen-bond acceptors (Lipinski definition) is 5. The maximum Gasteiger partial charge on any atom is 0.323 e. The van der Waals surface area contributed by atoms with Crippen molar-refractivity contribution in [2.24, 2.45) is 5.92 Å². The number of anilines is 1. The van der Waals surface area contributed by atoms with E-state index in [0.29, 0.717) is 17.7 Å². The van der Waals surface area contributed by atoms with Crippen LogP contribution in [0.1, 0.15) is 24.8 Å². The molecule has 0 bridgehead atoms. The third kappa shape index (κ3) is 4.44. The molecule has 1 aliphatic heterocycles. The number of aromatic nitrogens is 2. The summed E-state index contributed by atoms with van der Waals surface area (Å²) in [4.78, 5) is 14.1. The van der Waals surface area contributed by atoms with Gasteiger partial charge in [-0.15, -0.1) is 10.2 Å². The Kier molecular flexibility index (Phi) is 5.63. The smallest absolute Gasteiger partial charge is 0.323 e. The molecule has 0 unspecified atom stereocenters. The molecule has 24 heavy (non-hydrogen) atoms. The average Bonchev–Trinajstić information content (AvgIpc) is 3.09. The Balaban J connectivity index is 1.42. The van der Waals surface area contributed by atoms with E-state index < -0.39 is 0 Å². The molecular weight excluding hydrogens is 324 g/mol. The molecular formula is C17H22N4O2S. The maximum atomic E-state index is 12.3. The summed E-state index contributed by atoms with van der Waals surface area (Å²) in [6, 6.07) is 9.77. The van der Waals surface area contributed by atoms with Gasteiger partial charge in [0.15, 0.2) is 0 Å². The first-order chi connectivity index (χ1) is 11.7. The van der Waals surface area contributed by atoms with Crippen molar-refractivity contribution >= 4 is 22.5 Å². The number of para-hydroxylation sites is 1. The molecule has 0 atom stereocenters. The molecule has 1 fully saturated rings. The van der Waals surface area contributed by atoms with Gasteiger partial charge in [-0.2, -0.15) is 0 Å². The van der Waals surface area contributed by atoms with Crippen molar-refractivity contribution in [3.8, 4) is 5.75 Å². The second-order valence-corrected chi connectivity index (χ2v) is 6.90. The Bertz CT molecular complexity index is 654. The molecule has 0 aliphatic carbocycles. The summed E-state index contributed by atoms with van der Waals surface area (Å²) in [6.07, 6.45) is 2.74. The number of aryl methyl sites for hydroxylation is 1. The number of amides is 2. The van der Waals surface area contributed by atoms with Crippen molar-refractivity contribution in [1.29, 1.82) is 0 Å². The highest BCUT2D eigenvalue weighted by Gasteiger charge is 2.24. The number of hydrogen-bond donors (Lipinski definition) is 1. The van der Waals surface area contributed by atoms with Crippen LogP contribution in [0.5, 0.6) is 5.75 Å². The molecule has 1 aromatic heterocycles. The second kappa shape index (κ2) is 8.10. The Hall–Kier alpha value is -2.15. The van der Waals surface area contributed by atoms with Crippen LogP contribution in [0.25, 0.3) is 0 Å². The SMILES string of the molecule is CCc1nnc(NC(=O)N2CCC(COc3ccccc3)CC2)s1.